The van der Waals surface area contributed by atoms with Crippen LogP contribution in [0.15, 0.2) is 0 Å². The molecule has 0 bridgehead atoms. The highest BCUT2D eigenvalue weighted by Crippen LogP contribution is 2.21. The van der Waals surface area contributed by atoms with E-state index in [9.17, 15) is 22.8 Å². The molecule has 1 aliphatic rings. The Bertz CT molecular complexity index is 347. The van der Waals surface area contributed by atoms with Gasteiger partial charge in [0.2, 0.25) is 0 Å². The zero-order valence-electron chi connectivity index (χ0n) is 10.6. The van der Waals surface area contributed by atoms with Crippen molar-refractivity contribution in [3.05, 3.63) is 0 Å². The van der Waals surface area contributed by atoms with Crippen LogP contribution in [0, 0.1) is 0 Å². The molecule has 0 aromatic heterocycles. The van der Waals surface area contributed by atoms with Crippen molar-refractivity contribution in [1.82, 2.24) is 9.80 Å². The minimum Gasteiger partial charge on any atom is -0.480 e. The van der Waals surface area contributed by atoms with Crippen molar-refractivity contribution in [1.29, 1.82) is 0 Å². The van der Waals surface area contributed by atoms with Crippen LogP contribution in [0.2, 0.25) is 0 Å². The van der Waals surface area contributed by atoms with Gasteiger partial charge in [0, 0.05) is 12.6 Å². The smallest absolute Gasteiger partial charge is 0.406 e. The molecule has 1 aliphatic heterocycles. The monoisotopic (exact) mass is 282 g/mol. The number of rotatable bonds is 3. The van der Waals surface area contributed by atoms with Gasteiger partial charge in [-0.25, -0.2) is 4.79 Å². The van der Waals surface area contributed by atoms with Crippen LogP contribution in [0.5, 0.6) is 0 Å². The van der Waals surface area contributed by atoms with Crippen LogP contribution in [0.3, 0.4) is 0 Å². The largest absolute Gasteiger partial charge is 0.480 e. The maximum Gasteiger partial charge on any atom is 0.406 e. The van der Waals surface area contributed by atoms with Gasteiger partial charge in [-0.1, -0.05) is 0 Å². The number of nitrogens with zero attached hydrogens (tertiary/aromatic N) is 2. The summed E-state index contributed by atoms with van der Waals surface area (Å²) in [6.07, 6.45) is -2.24. The first-order valence-corrected chi connectivity index (χ1v) is 6.05. The molecule has 8 heteroatoms. The Balaban J connectivity index is 2.77. The van der Waals surface area contributed by atoms with Crippen molar-refractivity contribution < 1.29 is 27.9 Å². The summed E-state index contributed by atoms with van der Waals surface area (Å²) < 4.78 is 37.1. The summed E-state index contributed by atoms with van der Waals surface area (Å²) in [7, 11) is 0. The van der Waals surface area contributed by atoms with E-state index in [0.29, 0.717) is 11.4 Å². The van der Waals surface area contributed by atoms with Gasteiger partial charge >= 0.3 is 18.2 Å². The normalized spacial score (nSPS) is 20.2. The fourth-order valence-corrected chi connectivity index (χ4v) is 2.13. The number of amides is 2. The van der Waals surface area contributed by atoms with Crippen molar-refractivity contribution >= 4 is 12.0 Å². The number of halogens is 3. The lowest BCUT2D eigenvalue weighted by atomic mass is 10.0. The first-order valence-electron chi connectivity index (χ1n) is 6.05. The number of likely N-dealkylation sites (tertiary alicyclic amines) is 1. The SMILES string of the molecule is CC1CCCCN1C(=O)N(CC(=O)O)CC(F)(F)F. The third kappa shape index (κ3) is 4.96. The molecule has 19 heavy (non-hydrogen) atoms. The summed E-state index contributed by atoms with van der Waals surface area (Å²) >= 11 is 0. The summed E-state index contributed by atoms with van der Waals surface area (Å²) in [5.74, 6) is -1.46. The van der Waals surface area contributed by atoms with E-state index in [4.69, 9.17) is 5.11 Å². The zero-order chi connectivity index (χ0) is 14.6. The molecular weight excluding hydrogens is 265 g/mol. The van der Waals surface area contributed by atoms with Gasteiger partial charge < -0.3 is 14.9 Å². The second-order valence-electron chi connectivity index (χ2n) is 4.69. The standard InChI is InChI=1S/C11H17F3N2O3/c1-8-4-2-3-5-16(8)10(19)15(6-9(17)18)7-11(12,13)14/h8H,2-7H2,1H3,(H,17,18). The van der Waals surface area contributed by atoms with E-state index in [2.05, 4.69) is 0 Å². The highest BCUT2D eigenvalue weighted by Gasteiger charge is 2.37. The lowest BCUT2D eigenvalue weighted by Crippen LogP contribution is -2.52. The Labute approximate surface area is 109 Å². The number of urea groups is 1. The number of carbonyl (C=O) groups is 2. The number of hydrogen-bond donors (Lipinski definition) is 1. The van der Waals surface area contributed by atoms with E-state index in [-0.39, 0.29) is 6.04 Å². The molecule has 1 saturated heterocycles. The average molecular weight is 282 g/mol. The quantitative estimate of drug-likeness (QED) is 0.860. The maximum absolute atomic E-state index is 12.4. The van der Waals surface area contributed by atoms with E-state index >= 15 is 0 Å². The lowest BCUT2D eigenvalue weighted by molar-refractivity contribution is -0.150. The average Bonchev–Trinajstić information content (AvgIpc) is 2.25. The number of alkyl halides is 3. The number of hydrogen-bond acceptors (Lipinski definition) is 2. The molecule has 0 aromatic carbocycles. The van der Waals surface area contributed by atoms with E-state index < -0.39 is 31.3 Å². The van der Waals surface area contributed by atoms with Crippen molar-refractivity contribution in [2.24, 2.45) is 0 Å². The Hall–Kier alpha value is -1.47. The van der Waals surface area contributed by atoms with Crippen molar-refractivity contribution in [2.75, 3.05) is 19.6 Å². The van der Waals surface area contributed by atoms with Gasteiger partial charge in [-0.15, -0.1) is 0 Å². The van der Waals surface area contributed by atoms with Gasteiger partial charge in [0.15, 0.2) is 0 Å². The molecule has 1 atom stereocenters. The number of carboxylic acid groups (broad SMARTS) is 1. The predicted octanol–water partition coefficient (Wildman–Crippen LogP) is 1.93. The third-order valence-electron chi connectivity index (χ3n) is 3.02. The van der Waals surface area contributed by atoms with Crippen LogP contribution in [0.25, 0.3) is 0 Å². The van der Waals surface area contributed by atoms with Gasteiger partial charge in [-0.05, 0) is 26.2 Å². The van der Waals surface area contributed by atoms with Crippen LogP contribution in [0.1, 0.15) is 26.2 Å². The zero-order valence-corrected chi connectivity index (χ0v) is 10.6. The van der Waals surface area contributed by atoms with E-state index in [0.717, 1.165) is 19.3 Å². The van der Waals surface area contributed by atoms with Crippen molar-refractivity contribution in [2.45, 2.75) is 38.4 Å². The molecule has 110 valence electrons. The molecule has 0 radical (unpaired) electrons. The highest BCUT2D eigenvalue weighted by atomic mass is 19.4. The van der Waals surface area contributed by atoms with Gasteiger partial charge in [-0.3, -0.25) is 4.79 Å². The molecule has 0 saturated carbocycles. The first kappa shape index (κ1) is 15.6. The van der Waals surface area contributed by atoms with Crippen LogP contribution in [0.4, 0.5) is 18.0 Å². The van der Waals surface area contributed by atoms with Gasteiger partial charge in [-0.2, -0.15) is 13.2 Å². The fourth-order valence-electron chi connectivity index (χ4n) is 2.13. The maximum atomic E-state index is 12.4. The minimum absolute atomic E-state index is 0.161. The van der Waals surface area contributed by atoms with E-state index in [1.807, 2.05) is 0 Å². The molecule has 0 spiro atoms. The van der Waals surface area contributed by atoms with E-state index in [1.54, 1.807) is 6.92 Å². The minimum atomic E-state index is -4.61. The number of aliphatic carboxylic acids is 1. The summed E-state index contributed by atoms with van der Waals surface area (Å²) in [6, 6.07) is -1.02. The third-order valence-corrected chi connectivity index (χ3v) is 3.02. The van der Waals surface area contributed by atoms with Crippen molar-refractivity contribution in [3.63, 3.8) is 0 Å². The molecule has 0 aliphatic carbocycles. The van der Waals surface area contributed by atoms with Gasteiger partial charge in [0.05, 0.1) is 0 Å². The molecule has 2 amide bonds. The Morgan fingerprint density at radius 3 is 2.47 bits per heavy atom. The van der Waals surface area contributed by atoms with E-state index in [1.165, 1.54) is 4.90 Å². The summed E-state index contributed by atoms with van der Waals surface area (Å²) in [5, 5.41) is 8.61. The van der Waals surface area contributed by atoms with Crippen LogP contribution in [-0.4, -0.2) is 58.8 Å². The Morgan fingerprint density at radius 1 is 1.37 bits per heavy atom. The highest BCUT2D eigenvalue weighted by molar-refractivity contribution is 5.80. The second-order valence-corrected chi connectivity index (χ2v) is 4.69. The van der Waals surface area contributed by atoms with Crippen LogP contribution < -0.4 is 0 Å². The second kappa shape index (κ2) is 6.12. The molecule has 1 heterocycles. The number of piperidine rings is 1. The Kier molecular flexibility index (Phi) is 5.02. The molecule has 5 nitrogen and oxygen atoms in total. The Morgan fingerprint density at radius 2 is 2.00 bits per heavy atom. The van der Waals surface area contributed by atoms with Gasteiger partial charge in [0.25, 0.3) is 0 Å². The molecule has 0 aromatic rings. The molecule has 1 rings (SSSR count). The summed E-state index contributed by atoms with van der Waals surface area (Å²) in [5.41, 5.74) is 0. The first-order chi connectivity index (χ1) is 8.70. The molecule has 1 unspecified atom stereocenters. The van der Waals surface area contributed by atoms with Crippen molar-refractivity contribution in [3.8, 4) is 0 Å². The predicted molar refractivity (Wildman–Crippen MR) is 60.7 cm³/mol. The molecule has 1 fully saturated rings. The van der Waals surface area contributed by atoms with Crippen LogP contribution >= 0.6 is 0 Å². The topological polar surface area (TPSA) is 60.9 Å². The summed E-state index contributed by atoms with van der Waals surface area (Å²) in [4.78, 5) is 24.3. The fraction of sp³-hybridized carbons (Fsp3) is 0.818. The summed E-state index contributed by atoms with van der Waals surface area (Å²) in [6.45, 7) is -0.361. The molecule has 1 N–H and O–H groups in total. The number of carboxylic acids is 1. The molecular formula is C11H17F3N2O3. The van der Waals surface area contributed by atoms with Gasteiger partial charge in [0.1, 0.15) is 13.1 Å². The van der Waals surface area contributed by atoms with Crippen LogP contribution in [-0.2, 0) is 4.79 Å². The number of carbonyl (C=O) groups excluding carboxylic acids is 1. The lowest BCUT2D eigenvalue weighted by Gasteiger charge is -2.37.